The maximum Gasteiger partial charge on any atom is 0.410 e. The van der Waals surface area contributed by atoms with Gasteiger partial charge in [0.05, 0.1) is 6.04 Å². The minimum Gasteiger partial charge on any atom is -0.445 e. The molecule has 1 N–H and O–H groups in total. The fraction of sp³-hybridized carbons (Fsp3) is 0.467. The molecular weight excluding hydrogens is 256 g/mol. The molecular formula is C15H18N2O3. The fourth-order valence-electron chi connectivity index (χ4n) is 2.97. The minimum absolute atomic E-state index is 0.00854. The summed E-state index contributed by atoms with van der Waals surface area (Å²) in [6, 6.07) is 9.69. The van der Waals surface area contributed by atoms with Gasteiger partial charge in [0.1, 0.15) is 6.61 Å². The van der Waals surface area contributed by atoms with Gasteiger partial charge in [-0.3, -0.25) is 9.69 Å². The van der Waals surface area contributed by atoms with Gasteiger partial charge in [-0.1, -0.05) is 30.3 Å². The highest BCUT2D eigenvalue weighted by Crippen LogP contribution is 2.29. The van der Waals surface area contributed by atoms with Gasteiger partial charge < -0.3 is 10.1 Å². The van der Waals surface area contributed by atoms with Crippen LogP contribution in [0.1, 0.15) is 24.8 Å². The van der Waals surface area contributed by atoms with E-state index in [1.54, 1.807) is 4.90 Å². The maximum atomic E-state index is 12.3. The zero-order chi connectivity index (χ0) is 13.9. The Hall–Kier alpha value is -2.04. The van der Waals surface area contributed by atoms with Gasteiger partial charge in [0.25, 0.3) is 0 Å². The van der Waals surface area contributed by atoms with E-state index in [1.807, 2.05) is 30.3 Å². The van der Waals surface area contributed by atoms with E-state index in [0.29, 0.717) is 13.0 Å². The Labute approximate surface area is 117 Å². The van der Waals surface area contributed by atoms with Crippen molar-refractivity contribution in [2.45, 2.75) is 38.0 Å². The first-order valence-corrected chi connectivity index (χ1v) is 7.00. The summed E-state index contributed by atoms with van der Waals surface area (Å²) in [6.45, 7) is 0.812. The number of hydrogen-bond donors (Lipinski definition) is 1. The SMILES string of the molecule is O=C1C[C@@H]2CC[C@H](CN1)N2C(=O)OCc1ccccc1. The van der Waals surface area contributed by atoms with Crippen molar-refractivity contribution in [3.8, 4) is 0 Å². The molecule has 106 valence electrons. The summed E-state index contributed by atoms with van der Waals surface area (Å²) in [5.41, 5.74) is 0.970. The van der Waals surface area contributed by atoms with Gasteiger partial charge in [0, 0.05) is 19.0 Å². The Kier molecular flexibility index (Phi) is 3.58. The molecule has 3 rings (SSSR count). The van der Waals surface area contributed by atoms with E-state index in [9.17, 15) is 9.59 Å². The number of ether oxygens (including phenoxy) is 1. The Morgan fingerprint density at radius 3 is 2.80 bits per heavy atom. The predicted octanol–water partition coefficient (Wildman–Crippen LogP) is 1.68. The Morgan fingerprint density at radius 2 is 2.00 bits per heavy atom. The second kappa shape index (κ2) is 5.53. The van der Waals surface area contributed by atoms with Crippen molar-refractivity contribution in [1.82, 2.24) is 10.2 Å². The molecule has 2 aliphatic heterocycles. The first kappa shape index (κ1) is 13.0. The molecule has 2 atom stereocenters. The van der Waals surface area contributed by atoms with Crippen LogP contribution < -0.4 is 5.32 Å². The summed E-state index contributed by atoms with van der Waals surface area (Å²) < 4.78 is 5.39. The molecule has 5 heteroatoms. The quantitative estimate of drug-likeness (QED) is 0.892. The van der Waals surface area contributed by atoms with Gasteiger partial charge in [-0.2, -0.15) is 0 Å². The van der Waals surface area contributed by atoms with E-state index >= 15 is 0 Å². The predicted molar refractivity (Wildman–Crippen MR) is 72.9 cm³/mol. The lowest BCUT2D eigenvalue weighted by Crippen LogP contribution is -2.42. The standard InChI is InChI=1S/C15H18N2O3/c18-14-8-12-6-7-13(9-16-14)17(12)15(19)20-10-11-4-2-1-3-5-11/h1-5,12-13H,6-10H2,(H,16,18)/t12-,13+/m0/s1. The molecule has 5 nitrogen and oxygen atoms in total. The Morgan fingerprint density at radius 1 is 1.25 bits per heavy atom. The Balaban J connectivity index is 1.63. The molecule has 0 unspecified atom stereocenters. The van der Waals surface area contributed by atoms with Crippen LogP contribution in [-0.2, 0) is 16.1 Å². The molecule has 2 amide bonds. The van der Waals surface area contributed by atoms with E-state index < -0.39 is 0 Å². The molecule has 2 bridgehead atoms. The van der Waals surface area contributed by atoms with Crippen LogP contribution in [0.3, 0.4) is 0 Å². The highest BCUT2D eigenvalue weighted by Gasteiger charge is 2.41. The van der Waals surface area contributed by atoms with Crippen molar-refractivity contribution in [2.75, 3.05) is 6.54 Å². The highest BCUT2D eigenvalue weighted by molar-refractivity contribution is 5.79. The van der Waals surface area contributed by atoms with Crippen molar-refractivity contribution < 1.29 is 14.3 Å². The Bertz CT molecular complexity index is 503. The van der Waals surface area contributed by atoms with Crippen LogP contribution in [0.15, 0.2) is 30.3 Å². The molecule has 2 aliphatic rings. The third-order valence-electron chi connectivity index (χ3n) is 3.99. The van der Waals surface area contributed by atoms with Crippen LogP contribution in [-0.4, -0.2) is 35.5 Å². The molecule has 20 heavy (non-hydrogen) atoms. The van der Waals surface area contributed by atoms with Gasteiger partial charge in [-0.05, 0) is 18.4 Å². The van der Waals surface area contributed by atoms with Crippen LogP contribution in [0, 0.1) is 0 Å². The van der Waals surface area contributed by atoms with Gasteiger partial charge >= 0.3 is 6.09 Å². The number of hydrogen-bond acceptors (Lipinski definition) is 3. The molecule has 2 saturated heterocycles. The van der Waals surface area contributed by atoms with Gasteiger partial charge in [0.15, 0.2) is 0 Å². The largest absolute Gasteiger partial charge is 0.445 e. The average molecular weight is 274 g/mol. The number of fused-ring (bicyclic) bond motifs is 2. The van der Waals surface area contributed by atoms with Crippen molar-refractivity contribution >= 4 is 12.0 Å². The fourth-order valence-corrected chi connectivity index (χ4v) is 2.97. The van der Waals surface area contributed by atoms with Crippen molar-refractivity contribution in [3.05, 3.63) is 35.9 Å². The van der Waals surface area contributed by atoms with Crippen molar-refractivity contribution in [3.63, 3.8) is 0 Å². The average Bonchev–Trinajstić information content (AvgIpc) is 2.77. The first-order chi connectivity index (χ1) is 9.74. The van der Waals surface area contributed by atoms with Crippen LogP contribution in [0.4, 0.5) is 4.79 Å². The molecule has 0 radical (unpaired) electrons. The third-order valence-corrected chi connectivity index (χ3v) is 3.99. The van der Waals surface area contributed by atoms with Crippen LogP contribution in [0.2, 0.25) is 0 Å². The topological polar surface area (TPSA) is 58.6 Å². The second-order valence-electron chi connectivity index (χ2n) is 5.34. The van der Waals surface area contributed by atoms with Gasteiger partial charge in [-0.15, -0.1) is 0 Å². The summed E-state index contributed by atoms with van der Waals surface area (Å²) in [7, 11) is 0. The number of carbonyl (C=O) groups excluding carboxylic acids is 2. The van der Waals surface area contributed by atoms with Crippen molar-refractivity contribution in [1.29, 1.82) is 0 Å². The zero-order valence-electron chi connectivity index (χ0n) is 11.2. The lowest BCUT2D eigenvalue weighted by atomic mass is 10.1. The van der Waals surface area contributed by atoms with Crippen LogP contribution in [0.25, 0.3) is 0 Å². The molecule has 1 aromatic rings. The lowest BCUT2D eigenvalue weighted by molar-refractivity contribution is -0.121. The summed E-state index contributed by atoms with van der Waals surface area (Å²) in [4.78, 5) is 25.5. The molecule has 2 fully saturated rings. The van der Waals surface area contributed by atoms with E-state index in [2.05, 4.69) is 5.32 Å². The highest BCUT2D eigenvalue weighted by atomic mass is 16.6. The zero-order valence-corrected chi connectivity index (χ0v) is 11.2. The lowest BCUT2D eigenvalue weighted by Gasteiger charge is -2.26. The van der Waals surface area contributed by atoms with Gasteiger partial charge in [-0.25, -0.2) is 4.79 Å². The van der Waals surface area contributed by atoms with E-state index in [4.69, 9.17) is 4.74 Å². The van der Waals surface area contributed by atoms with Crippen LogP contribution >= 0.6 is 0 Å². The molecule has 1 aromatic carbocycles. The van der Waals surface area contributed by atoms with Crippen molar-refractivity contribution in [2.24, 2.45) is 0 Å². The second-order valence-corrected chi connectivity index (χ2v) is 5.34. The van der Waals surface area contributed by atoms with E-state index in [0.717, 1.165) is 18.4 Å². The first-order valence-electron chi connectivity index (χ1n) is 7.00. The third kappa shape index (κ3) is 2.61. The summed E-state index contributed by atoms with van der Waals surface area (Å²) in [5, 5.41) is 2.85. The molecule has 0 spiro atoms. The summed E-state index contributed by atoms with van der Waals surface area (Å²) in [6.07, 6.45) is 1.90. The van der Waals surface area contributed by atoms with Crippen LogP contribution in [0.5, 0.6) is 0 Å². The number of nitrogens with zero attached hydrogens (tertiary/aromatic N) is 1. The normalized spacial score (nSPS) is 25.0. The smallest absolute Gasteiger partial charge is 0.410 e. The minimum atomic E-state index is -0.308. The maximum absolute atomic E-state index is 12.3. The van der Waals surface area contributed by atoms with E-state index in [-0.39, 0.29) is 30.7 Å². The monoisotopic (exact) mass is 274 g/mol. The molecule has 0 aliphatic carbocycles. The molecule has 0 saturated carbocycles. The number of benzene rings is 1. The van der Waals surface area contributed by atoms with E-state index in [1.165, 1.54) is 0 Å². The number of amides is 2. The summed E-state index contributed by atoms with van der Waals surface area (Å²) in [5.74, 6) is 0.0260. The number of carbonyl (C=O) groups is 2. The number of nitrogens with one attached hydrogen (secondary N) is 1. The number of rotatable bonds is 2. The molecule has 2 heterocycles. The van der Waals surface area contributed by atoms with Gasteiger partial charge in [0.2, 0.25) is 5.91 Å². The summed E-state index contributed by atoms with van der Waals surface area (Å²) >= 11 is 0. The molecule has 0 aromatic heterocycles.